The molecule has 4 heteroatoms. The maximum atomic E-state index is 12.2. The number of nitrogens with one attached hydrogen (secondary N) is 1. The van der Waals surface area contributed by atoms with E-state index in [1.165, 1.54) is 5.56 Å². The van der Waals surface area contributed by atoms with Gasteiger partial charge < -0.3 is 4.74 Å². The number of amides is 1. The molecule has 0 saturated heterocycles. The molecule has 0 aliphatic heterocycles. The maximum Gasteiger partial charge on any atom is 0.271 e. The van der Waals surface area contributed by atoms with Crippen molar-refractivity contribution in [2.24, 2.45) is 5.10 Å². The van der Waals surface area contributed by atoms with Crippen LogP contribution in [-0.4, -0.2) is 18.7 Å². The molecule has 126 valence electrons. The Balaban J connectivity index is 2.02. The lowest BCUT2D eigenvalue weighted by molar-refractivity contribution is 0.0954. The Morgan fingerprint density at radius 2 is 1.83 bits per heavy atom. The van der Waals surface area contributed by atoms with Gasteiger partial charge in [-0.2, -0.15) is 5.10 Å². The van der Waals surface area contributed by atoms with Crippen LogP contribution in [0.4, 0.5) is 0 Å². The lowest BCUT2D eigenvalue weighted by atomic mass is 9.80. The van der Waals surface area contributed by atoms with Crippen molar-refractivity contribution in [2.45, 2.75) is 32.6 Å². The molecular weight excluding hydrogens is 300 g/mol. The molecule has 1 amide bonds. The number of carbonyl (C=O) groups excluding carboxylic acids is 1. The minimum atomic E-state index is -0.245. The predicted molar refractivity (Wildman–Crippen MR) is 97.7 cm³/mol. The fourth-order valence-electron chi connectivity index (χ4n) is 2.65. The third kappa shape index (κ3) is 4.69. The van der Waals surface area contributed by atoms with E-state index in [0.29, 0.717) is 11.3 Å². The van der Waals surface area contributed by atoms with Crippen molar-refractivity contribution >= 4 is 11.6 Å². The number of hydrazone groups is 1. The molecule has 1 N–H and O–H groups in total. The molecule has 2 aromatic rings. The van der Waals surface area contributed by atoms with Gasteiger partial charge in [0.15, 0.2) is 0 Å². The van der Waals surface area contributed by atoms with Crippen LogP contribution in [0, 0.1) is 0 Å². The molecule has 4 nitrogen and oxygen atoms in total. The average molecular weight is 324 g/mol. The van der Waals surface area contributed by atoms with E-state index in [1.807, 2.05) is 25.1 Å². The SMILES string of the molecule is COc1cccc(C(=O)N/N=C(/C)CC(C)(C)c2ccccc2)c1. The molecule has 0 fully saturated rings. The summed E-state index contributed by atoms with van der Waals surface area (Å²) >= 11 is 0. The Kier molecular flexibility index (Phi) is 5.74. The van der Waals surface area contributed by atoms with E-state index in [-0.39, 0.29) is 11.3 Å². The summed E-state index contributed by atoms with van der Waals surface area (Å²) in [6.07, 6.45) is 0.759. The van der Waals surface area contributed by atoms with Crippen LogP contribution in [-0.2, 0) is 5.41 Å². The zero-order valence-corrected chi connectivity index (χ0v) is 14.7. The van der Waals surface area contributed by atoms with Gasteiger partial charge in [0.05, 0.1) is 7.11 Å². The number of rotatable bonds is 6. The van der Waals surface area contributed by atoms with Crippen LogP contribution in [0.15, 0.2) is 59.7 Å². The largest absolute Gasteiger partial charge is 0.497 e. The van der Waals surface area contributed by atoms with Gasteiger partial charge in [0.2, 0.25) is 0 Å². The molecule has 2 rings (SSSR count). The molecule has 0 heterocycles. The minimum absolute atomic E-state index is 0.0461. The van der Waals surface area contributed by atoms with Gasteiger partial charge in [0, 0.05) is 11.3 Å². The van der Waals surface area contributed by atoms with Gasteiger partial charge in [-0.05, 0) is 42.5 Å². The first-order valence-electron chi connectivity index (χ1n) is 7.95. The standard InChI is InChI=1S/C20H24N2O2/c1-15(14-20(2,3)17-10-6-5-7-11-17)21-22-19(23)16-9-8-12-18(13-16)24-4/h5-13H,14H2,1-4H3,(H,22,23)/b21-15-. The first-order valence-corrected chi connectivity index (χ1v) is 7.95. The van der Waals surface area contributed by atoms with Crippen molar-refractivity contribution in [1.82, 2.24) is 5.43 Å². The van der Waals surface area contributed by atoms with Gasteiger partial charge in [-0.3, -0.25) is 4.79 Å². The molecule has 0 saturated carbocycles. The first kappa shape index (κ1) is 17.7. The molecule has 24 heavy (non-hydrogen) atoms. The van der Waals surface area contributed by atoms with Crippen LogP contribution in [0.1, 0.15) is 43.1 Å². The molecule has 0 aromatic heterocycles. The van der Waals surface area contributed by atoms with Crippen molar-refractivity contribution in [3.63, 3.8) is 0 Å². The summed E-state index contributed by atoms with van der Waals surface area (Å²) in [7, 11) is 1.57. The average Bonchev–Trinajstić information content (AvgIpc) is 2.60. The lowest BCUT2D eigenvalue weighted by Gasteiger charge is -2.25. The van der Waals surface area contributed by atoms with Crippen molar-refractivity contribution in [3.05, 3.63) is 65.7 Å². The number of carbonyl (C=O) groups is 1. The lowest BCUT2D eigenvalue weighted by Crippen LogP contribution is -2.24. The molecular formula is C20H24N2O2. The summed E-state index contributed by atoms with van der Waals surface area (Å²) in [6.45, 7) is 6.27. The van der Waals surface area contributed by atoms with E-state index in [1.54, 1.807) is 31.4 Å². The van der Waals surface area contributed by atoms with E-state index in [0.717, 1.165) is 12.1 Å². The molecule has 0 radical (unpaired) electrons. The molecule has 0 unspecified atom stereocenters. The molecule has 0 atom stereocenters. The molecule has 0 bridgehead atoms. The van der Waals surface area contributed by atoms with Crippen LogP contribution < -0.4 is 10.2 Å². The van der Waals surface area contributed by atoms with E-state index >= 15 is 0 Å². The Bertz CT molecular complexity index is 721. The van der Waals surface area contributed by atoms with Crippen molar-refractivity contribution in [3.8, 4) is 5.75 Å². The van der Waals surface area contributed by atoms with Crippen molar-refractivity contribution < 1.29 is 9.53 Å². The summed E-state index contributed by atoms with van der Waals surface area (Å²) in [5.74, 6) is 0.402. The van der Waals surface area contributed by atoms with Gasteiger partial charge in [-0.25, -0.2) is 5.43 Å². The highest BCUT2D eigenvalue weighted by Gasteiger charge is 2.21. The van der Waals surface area contributed by atoms with E-state index in [4.69, 9.17) is 4.74 Å². The Labute approximate surface area is 143 Å². The molecule has 2 aromatic carbocycles. The zero-order valence-electron chi connectivity index (χ0n) is 14.7. The van der Waals surface area contributed by atoms with Gasteiger partial charge in [-0.1, -0.05) is 50.2 Å². The highest BCUT2D eigenvalue weighted by molar-refractivity contribution is 5.95. The summed E-state index contributed by atoms with van der Waals surface area (Å²) in [4.78, 5) is 12.2. The van der Waals surface area contributed by atoms with Crippen molar-refractivity contribution in [2.75, 3.05) is 7.11 Å². The van der Waals surface area contributed by atoms with Crippen LogP contribution in [0.5, 0.6) is 5.75 Å². The molecule has 0 spiro atoms. The van der Waals surface area contributed by atoms with Crippen LogP contribution in [0.2, 0.25) is 0 Å². The zero-order chi connectivity index (χ0) is 17.6. The third-order valence-electron chi connectivity index (χ3n) is 3.93. The number of methoxy groups -OCH3 is 1. The fraction of sp³-hybridized carbons (Fsp3) is 0.300. The Hall–Kier alpha value is -2.62. The van der Waals surface area contributed by atoms with Gasteiger partial charge in [-0.15, -0.1) is 0 Å². The van der Waals surface area contributed by atoms with Gasteiger partial charge in [0.1, 0.15) is 5.75 Å². The number of ether oxygens (including phenoxy) is 1. The van der Waals surface area contributed by atoms with Gasteiger partial charge in [0.25, 0.3) is 5.91 Å². The quantitative estimate of drug-likeness (QED) is 0.640. The van der Waals surface area contributed by atoms with Gasteiger partial charge >= 0.3 is 0 Å². The summed E-state index contributed by atoms with van der Waals surface area (Å²) in [5.41, 5.74) is 5.22. The normalized spacial score (nSPS) is 11.9. The van der Waals surface area contributed by atoms with E-state index in [9.17, 15) is 4.79 Å². The van der Waals surface area contributed by atoms with Crippen LogP contribution in [0.25, 0.3) is 0 Å². The Morgan fingerprint density at radius 1 is 1.12 bits per heavy atom. The van der Waals surface area contributed by atoms with Crippen LogP contribution in [0.3, 0.4) is 0 Å². The van der Waals surface area contributed by atoms with E-state index < -0.39 is 0 Å². The minimum Gasteiger partial charge on any atom is -0.497 e. The second-order valence-corrected chi connectivity index (χ2v) is 6.45. The fourth-order valence-corrected chi connectivity index (χ4v) is 2.65. The van der Waals surface area contributed by atoms with Crippen molar-refractivity contribution in [1.29, 1.82) is 0 Å². The smallest absolute Gasteiger partial charge is 0.271 e. The predicted octanol–water partition coefficient (Wildman–Crippen LogP) is 4.17. The second kappa shape index (κ2) is 7.77. The van der Waals surface area contributed by atoms with Crippen LogP contribution >= 0.6 is 0 Å². The topological polar surface area (TPSA) is 50.7 Å². The monoisotopic (exact) mass is 324 g/mol. The summed E-state index contributed by atoms with van der Waals surface area (Å²) < 4.78 is 5.13. The number of benzene rings is 2. The number of hydrogen-bond acceptors (Lipinski definition) is 3. The maximum absolute atomic E-state index is 12.2. The Morgan fingerprint density at radius 3 is 2.50 bits per heavy atom. The second-order valence-electron chi connectivity index (χ2n) is 6.45. The first-order chi connectivity index (χ1) is 11.4. The highest BCUT2D eigenvalue weighted by Crippen LogP contribution is 2.27. The number of hydrogen-bond donors (Lipinski definition) is 1. The number of nitrogens with zero attached hydrogens (tertiary/aromatic N) is 1. The van der Waals surface area contributed by atoms with E-state index in [2.05, 4.69) is 36.5 Å². The summed E-state index contributed by atoms with van der Waals surface area (Å²) in [5, 5.41) is 4.24. The third-order valence-corrected chi connectivity index (χ3v) is 3.93. The molecule has 0 aliphatic rings. The summed E-state index contributed by atoms with van der Waals surface area (Å²) in [6, 6.07) is 17.3. The molecule has 0 aliphatic carbocycles. The highest BCUT2D eigenvalue weighted by atomic mass is 16.5.